The van der Waals surface area contributed by atoms with E-state index in [9.17, 15) is 18.8 Å². The number of anilines is 1. The molecule has 5 rings (SSSR count). The van der Waals surface area contributed by atoms with E-state index >= 15 is 0 Å². The summed E-state index contributed by atoms with van der Waals surface area (Å²) in [6.07, 6.45) is 0.156. The number of benzene rings is 3. The van der Waals surface area contributed by atoms with Gasteiger partial charge in [-0.15, -0.1) is 0 Å². The van der Waals surface area contributed by atoms with Crippen LogP contribution in [-0.2, 0) is 23.9 Å². The fraction of sp³-hybridized carbons (Fsp3) is 0.265. The third kappa shape index (κ3) is 5.67. The van der Waals surface area contributed by atoms with Gasteiger partial charge in [-0.05, 0) is 79.9 Å². The number of ether oxygens (including phenoxy) is 3. The summed E-state index contributed by atoms with van der Waals surface area (Å²) in [7, 11) is 1.53. The maximum Gasteiger partial charge on any atom is 0.338 e. The maximum absolute atomic E-state index is 14.8. The smallest absolute Gasteiger partial charge is 0.338 e. The van der Waals surface area contributed by atoms with Crippen molar-refractivity contribution < 1.29 is 33.0 Å². The Morgan fingerprint density at radius 2 is 1.66 bits per heavy atom. The number of halogens is 2. The second-order valence-electron chi connectivity index (χ2n) is 10.4. The standard InChI is InChI=1S/C34H32ClFN2O6/c1-4-43-33(40)28-25(19-8-7-11-24(17-19)42-3)18-26-29(31(28)39)27(20-9-6-10-21(35)16-20)30(34(41)44-5-2)32(37)38(26)23-14-12-22(36)13-15-23/h6-17,25,27-28H,4-5,18,37H2,1-3H3. The van der Waals surface area contributed by atoms with Gasteiger partial charge in [0.05, 0.1) is 31.8 Å². The van der Waals surface area contributed by atoms with Gasteiger partial charge in [0.1, 0.15) is 23.3 Å². The summed E-state index contributed by atoms with van der Waals surface area (Å²) in [5.41, 5.74) is 9.12. The van der Waals surface area contributed by atoms with Crippen molar-refractivity contribution in [3.05, 3.63) is 117 Å². The third-order valence-electron chi connectivity index (χ3n) is 7.86. The van der Waals surface area contributed by atoms with Gasteiger partial charge in [-0.1, -0.05) is 35.9 Å². The van der Waals surface area contributed by atoms with E-state index in [1.807, 2.05) is 6.07 Å². The summed E-state index contributed by atoms with van der Waals surface area (Å²) >= 11 is 6.40. The summed E-state index contributed by atoms with van der Waals surface area (Å²) in [4.78, 5) is 43.6. The van der Waals surface area contributed by atoms with Crippen molar-refractivity contribution in [2.24, 2.45) is 11.7 Å². The lowest BCUT2D eigenvalue weighted by Gasteiger charge is -2.44. The Kier molecular flexibility index (Phi) is 9.06. The number of Topliss-reactive ketones (excluding diaryl/α,β-unsaturated/α-hetero) is 1. The van der Waals surface area contributed by atoms with Gasteiger partial charge in [0.15, 0.2) is 5.78 Å². The van der Waals surface area contributed by atoms with Crippen molar-refractivity contribution >= 4 is 35.0 Å². The van der Waals surface area contributed by atoms with Gasteiger partial charge in [-0.25, -0.2) is 9.18 Å². The summed E-state index contributed by atoms with van der Waals surface area (Å²) in [6.45, 7) is 3.46. The SMILES string of the molecule is CCOC(=O)C1=C(N)N(c2ccc(F)cc2)C2=C(C(=O)C(C(=O)OCC)C(c3cccc(OC)c3)C2)C1c1cccc(Cl)c1. The topological polar surface area (TPSA) is 108 Å². The van der Waals surface area contributed by atoms with Gasteiger partial charge in [-0.3, -0.25) is 14.5 Å². The second kappa shape index (κ2) is 12.9. The van der Waals surface area contributed by atoms with Crippen molar-refractivity contribution in [2.45, 2.75) is 32.1 Å². The predicted molar refractivity (Wildman–Crippen MR) is 163 cm³/mol. The number of hydrogen-bond acceptors (Lipinski definition) is 8. The van der Waals surface area contributed by atoms with Crippen LogP contribution in [0.25, 0.3) is 0 Å². The minimum absolute atomic E-state index is 0.00739. The fourth-order valence-electron chi connectivity index (χ4n) is 6.03. The zero-order valence-electron chi connectivity index (χ0n) is 24.5. The molecule has 0 spiro atoms. The molecule has 0 saturated heterocycles. The van der Waals surface area contributed by atoms with Crippen molar-refractivity contribution in [2.75, 3.05) is 25.2 Å². The van der Waals surface area contributed by atoms with Crippen LogP contribution in [0.3, 0.4) is 0 Å². The molecule has 1 aliphatic carbocycles. The highest BCUT2D eigenvalue weighted by atomic mass is 35.5. The molecule has 3 unspecified atom stereocenters. The molecule has 0 fully saturated rings. The number of nitrogens with zero attached hydrogens (tertiary/aromatic N) is 1. The van der Waals surface area contributed by atoms with Crippen LogP contribution in [0, 0.1) is 11.7 Å². The molecule has 0 saturated carbocycles. The third-order valence-corrected chi connectivity index (χ3v) is 8.10. The van der Waals surface area contributed by atoms with Gasteiger partial charge < -0.3 is 19.9 Å². The van der Waals surface area contributed by atoms with Gasteiger partial charge in [0.25, 0.3) is 0 Å². The first-order valence-electron chi connectivity index (χ1n) is 14.3. The molecule has 2 N–H and O–H groups in total. The average molecular weight is 619 g/mol. The number of methoxy groups -OCH3 is 1. The lowest BCUT2D eigenvalue weighted by molar-refractivity contribution is -0.152. The first-order chi connectivity index (χ1) is 21.2. The van der Waals surface area contributed by atoms with Crippen molar-refractivity contribution in [3.8, 4) is 5.75 Å². The molecule has 1 heterocycles. The van der Waals surface area contributed by atoms with E-state index < -0.39 is 41.3 Å². The highest BCUT2D eigenvalue weighted by molar-refractivity contribution is 6.30. The van der Waals surface area contributed by atoms with Crippen LogP contribution in [0.1, 0.15) is 43.2 Å². The Morgan fingerprint density at radius 1 is 0.977 bits per heavy atom. The lowest BCUT2D eigenvalue weighted by Crippen LogP contribution is -2.46. The molecule has 10 heteroatoms. The molecule has 3 aromatic carbocycles. The van der Waals surface area contributed by atoms with Crippen LogP contribution in [0.4, 0.5) is 10.1 Å². The molecule has 44 heavy (non-hydrogen) atoms. The Balaban J connectivity index is 1.82. The quantitative estimate of drug-likeness (QED) is 0.241. The highest BCUT2D eigenvalue weighted by Crippen LogP contribution is 2.52. The van der Waals surface area contributed by atoms with Crippen molar-refractivity contribution in [1.29, 1.82) is 0 Å². The molecule has 3 atom stereocenters. The first kappa shape index (κ1) is 30.8. The minimum Gasteiger partial charge on any atom is -0.497 e. The molecular weight excluding hydrogens is 587 g/mol. The van der Waals surface area contributed by atoms with E-state index in [0.717, 1.165) is 0 Å². The molecule has 228 valence electrons. The van der Waals surface area contributed by atoms with Crippen LogP contribution in [0.15, 0.2) is 95.5 Å². The van der Waals surface area contributed by atoms with Gasteiger partial charge in [0.2, 0.25) is 0 Å². The van der Waals surface area contributed by atoms with Crippen LogP contribution in [0.5, 0.6) is 5.75 Å². The molecule has 3 aromatic rings. The molecule has 8 nitrogen and oxygen atoms in total. The van der Waals surface area contributed by atoms with E-state index in [1.165, 1.54) is 31.4 Å². The van der Waals surface area contributed by atoms with Crippen LogP contribution in [-0.4, -0.2) is 38.0 Å². The average Bonchev–Trinajstić information content (AvgIpc) is 3.01. The zero-order chi connectivity index (χ0) is 31.5. The number of carbonyl (C=O) groups is 3. The van der Waals surface area contributed by atoms with Gasteiger partial charge in [0, 0.05) is 27.9 Å². The van der Waals surface area contributed by atoms with Crippen molar-refractivity contribution in [3.63, 3.8) is 0 Å². The van der Waals surface area contributed by atoms with Crippen molar-refractivity contribution in [1.82, 2.24) is 0 Å². The molecule has 2 aliphatic rings. The van der Waals surface area contributed by atoms with E-state index in [-0.39, 0.29) is 36.6 Å². The van der Waals surface area contributed by atoms with Gasteiger partial charge in [-0.2, -0.15) is 0 Å². The minimum atomic E-state index is -1.24. The number of hydrogen-bond donors (Lipinski definition) is 1. The molecule has 0 radical (unpaired) electrons. The fourth-order valence-corrected chi connectivity index (χ4v) is 6.23. The largest absolute Gasteiger partial charge is 0.497 e. The summed E-state index contributed by atoms with van der Waals surface area (Å²) < 4.78 is 30.4. The van der Waals surface area contributed by atoms with E-state index in [0.29, 0.717) is 33.3 Å². The molecule has 1 aliphatic heterocycles. The second-order valence-corrected chi connectivity index (χ2v) is 10.8. The van der Waals surface area contributed by atoms with E-state index in [1.54, 1.807) is 61.2 Å². The number of esters is 2. The number of carbonyl (C=O) groups excluding carboxylic acids is 3. The Labute approximate surface area is 259 Å². The molecular formula is C34H32ClFN2O6. The van der Waals surface area contributed by atoms with Crippen LogP contribution < -0.4 is 15.4 Å². The lowest BCUT2D eigenvalue weighted by atomic mass is 9.67. The predicted octanol–water partition coefficient (Wildman–Crippen LogP) is 6.01. The number of ketones is 1. The Hall–Kier alpha value is -4.63. The number of rotatable bonds is 8. The Morgan fingerprint density at radius 3 is 2.32 bits per heavy atom. The normalized spacial score (nSPS) is 19.9. The van der Waals surface area contributed by atoms with Crippen LogP contribution in [0.2, 0.25) is 5.02 Å². The molecule has 0 amide bonds. The molecule has 0 bridgehead atoms. The number of nitrogens with two attached hydrogens (primary N) is 1. The van der Waals surface area contributed by atoms with E-state index in [4.69, 9.17) is 31.5 Å². The van der Waals surface area contributed by atoms with Crippen LogP contribution >= 0.6 is 11.6 Å². The Bertz CT molecular complexity index is 1670. The maximum atomic E-state index is 14.8. The molecule has 0 aromatic heterocycles. The monoisotopic (exact) mass is 618 g/mol. The first-order valence-corrected chi connectivity index (χ1v) is 14.6. The highest BCUT2D eigenvalue weighted by Gasteiger charge is 2.51. The summed E-state index contributed by atoms with van der Waals surface area (Å²) in [5.74, 6) is -4.75. The zero-order valence-corrected chi connectivity index (χ0v) is 25.3. The summed E-state index contributed by atoms with van der Waals surface area (Å²) in [5, 5.41) is 0.381. The number of allylic oxidation sites excluding steroid dienone is 2. The van der Waals surface area contributed by atoms with Gasteiger partial charge >= 0.3 is 11.9 Å². The van der Waals surface area contributed by atoms with E-state index in [2.05, 4.69) is 0 Å². The summed E-state index contributed by atoms with van der Waals surface area (Å²) in [6, 6.07) is 19.5.